The Kier molecular flexibility index (Phi) is 7.95. The highest BCUT2D eigenvalue weighted by Gasteiger charge is 2.23. The lowest BCUT2D eigenvalue weighted by Crippen LogP contribution is -2.40. The molecule has 1 aliphatic heterocycles. The van der Waals surface area contributed by atoms with E-state index in [2.05, 4.69) is 23.9 Å². The van der Waals surface area contributed by atoms with Crippen molar-refractivity contribution >= 4 is 10.0 Å². The first-order chi connectivity index (χ1) is 9.07. The van der Waals surface area contributed by atoms with Crippen LogP contribution in [0.15, 0.2) is 0 Å². The highest BCUT2D eigenvalue weighted by Crippen LogP contribution is 2.15. The summed E-state index contributed by atoms with van der Waals surface area (Å²) in [6, 6.07) is 0.136. The summed E-state index contributed by atoms with van der Waals surface area (Å²) in [7, 11) is -3.11. The predicted molar refractivity (Wildman–Crippen MR) is 80.7 cm³/mol. The van der Waals surface area contributed by atoms with E-state index in [4.69, 9.17) is 0 Å². The van der Waals surface area contributed by atoms with E-state index in [9.17, 15) is 8.42 Å². The average molecular weight is 290 g/mol. The SMILES string of the molecule is CCCCC(CCC)NS(=O)(=O)CC1CCNCC1. The van der Waals surface area contributed by atoms with Crippen LogP contribution in [-0.4, -0.2) is 33.3 Å². The molecule has 0 spiro atoms. The molecule has 0 aliphatic carbocycles. The van der Waals surface area contributed by atoms with Gasteiger partial charge in [0.05, 0.1) is 5.75 Å². The molecule has 1 heterocycles. The van der Waals surface area contributed by atoms with Crippen LogP contribution in [0, 0.1) is 5.92 Å². The summed E-state index contributed by atoms with van der Waals surface area (Å²) in [5.41, 5.74) is 0. The first kappa shape index (κ1) is 16.9. The summed E-state index contributed by atoms with van der Waals surface area (Å²) in [6.45, 7) is 6.16. The molecule has 1 atom stereocenters. The Labute approximate surface area is 118 Å². The molecule has 1 aliphatic rings. The topological polar surface area (TPSA) is 58.2 Å². The predicted octanol–water partition coefficient (Wildman–Crippen LogP) is 2.26. The second-order valence-electron chi connectivity index (χ2n) is 5.72. The van der Waals surface area contributed by atoms with Crippen LogP contribution in [0.3, 0.4) is 0 Å². The van der Waals surface area contributed by atoms with Gasteiger partial charge in [-0.25, -0.2) is 13.1 Å². The highest BCUT2D eigenvalue weighted by atomic mass is 32.2. The van der Waals surface area contributed by atoms with Crippen molar-refractivity contribution in [1.29, 1.82) is 0 Å². The maximum absolute atomic E-state index is 12.2. The lowest BCUT2D eigenvalue weighted by atomic mass is 10.0. The summed E-state index contributed by atoms with van der Waals surface area (Å²) in [5, 5.41) is 3.27. The van der Waals surface area contributed by atoms with Crippen LogP contribution in [0.5, 0.6) is 0 Å². The molecule has 4 nitrogen and oxygen atoms in total. The van der Waals surface area contributed by atoms with Gasteiger partial charge in [-0.05, 0) is 44.7 Å². The lowest BCUT2D eigenvalue weighted by molar-refractivity contribution is 0.397. The monoisotopic (exact) mass is 290 g/mol. The van der Waals surface area contributed by atoms with Crippen molar-refractivity contribution < 1.29 is 8.42 Å². The zero-order valence-electron chi connectivity index (χ0n) is 12.5. The Hall–Kier alpha value is -0.130. The van der Waals surface area contributed by atoms with Crippen molar-refractivity contribution in [2.75, 3.05) is 18.8 Å². The third kappa shape index (κ3) is 7.28. The van der Waals surface area contributed by atoms with Crippen LogP contribution in [0.25, 0.3) is 0 Å². The van der Waals surface area contributed by atoms with Gasteiger partial charge in [0.2, 0.25) is 10.0 Å². The van der Waals surface area contributed by atoms with Crippen molar-refractivity contribution in [2.45, 2.75) is 64.8 Å². The third-order valence-electron chi connectivity index (χ3n) is 3.80. The van der Waals surface area contributed by atoms with Crippen LogP contribution >= 0.6 is 0 Å². The number of piperidine rings is 1. The molecule has 0 bridgehead atoms. The molecule has 1 fully saturated rings. The lowest BCUT2D eigenvalue weighted by Gasteiger charge is -2.24. The van der Waals surface area contributed by atoms with Crippen molar-refractivity contribution in [3.05, 3.63) is 0 Å². The van der Waals surface area contributed by atoms with Crippen LogP contribution in [0.2, 0.25) is 0 Å². The largest absolute Gasteiger partial charge is 0.317 e. The number of rotatable bonds is 9. The Bertz CT molecular complexity index is 324. The molecule has 0 amide bonds. The fourth-order valence-corrected chi connectivity index (χ4v) is 4.52. The van der Waals surface area contributed by atoms with E-state index in [-0.39, 0.29) is 6.04 Å². The fourth-order valence-electron chi connectivity index (χ4n) is 2.72. The molecule has 0 radical (unpaired) electrons. The number of sulfonamides is 1. The highest BCUT2D eigenvalue weighted by molar-refractivity contribution is 7.89. The van der Waals surface area contributed by atoms with Crippen LogP contribution in [0.4, 0.5) is 0 Å². The zero-order chi connectivity index (χ0) is 14.1. The summed E-state index contributed by atoms with van der Waals surface area (Å²) in [5.74, 6) is 0.633. The van der Waals surface area contributed by atoms with E-state index < -0.39 is 10.0 Å². The normalized spacial score (nSPS) is 19.5. The number of hydrogen-bond donors (Lipinski definition) is 2. The summed E-state index contributed by atoms with van der Waals surface area (Å²) in [4.78, 5) is 0. The molecule has 1 saturated heterocycles. The van der Waals surface area contributed by atoms with Crippen molar-refractivity contribution in [1.82, 2.24) is 10.0 Å². The Balaban J connectivity index is 2.44. The standard InChI is InChI=1S/C14H30N2O2S/c1-3-5-7-14(6-4-2)16-19(17,18)12-13-8-10-15-11-9-13/h13-16H,3-12H2,1-2H3. The first-order valence-electron chi connectivity index (χ1n) is 7.78. The second-order valence-corrected chi connectivity index (χ2v) is 7.52. The van der Waals surface area contributed by atoms with Gasteiger partial charge in [0.1, 0.15) is 0 Å². The molecule has 5 heteroatoms. The molecule has 1 unspecified atom stereocenters. The molecule has 0 aromatic rings. The number of nitrogens with one attached hydrogen (secondary N) is 2. The van der Waals surface area contributed by atoms with Gasteiger partial charge < -0.3 is 5.32 Å². The van der Waals surface area contributed by atoms with Gasteiger partial charge in [-0.15, -0.1) is 0 Å². The van der Waals surface area contributed by atoms with Crippen molar-refractivity contribution in [3.8, 4) is 0 Å². The minimum atomic E-state index is -3.11. The van der Waals surface area contributed by atoms with E-state index in [1.54, 1.807) is 0 Å². The first-order valence-corrected chi connectivity index (χ1v) is 9.43. The Morgan fingerprint density at radius 2 is 1.84 bits per heavy atom. The maximum atomic E-state index is 12.2. The van der Waals surface area contributed by atoms with E-state index in [1.807, 2.05) is 0 Å². The molecule has 19 heavy (non-hydrogen) atoms. The van der Waals surface area contributed by atoms with E-state index in [1.165, 1.54) is 0 Å². The van der Waals surface area contributed by atoms with Gasteiger partial charge in [-0.3, -0.25) is 0 Å². The number of hydrogen-bond acceptors (Lipinski definition) is 3. The van der Waals surface area contributed by atoms with Crippen LogP contribution in [0.1, 0.15) is 58.8 Å². The molecule has 0 aromatic carbocycles. The summed E-state index contributed by atoms with van der Waals surface area (Å²) in [6.07, 6.45) is 7.13. The maximum Gasteiger partial charge on any atom is 0.212 e. The van der Waals surface area contributed by atoms with Gasteiger partial charge in [0.15, 0.2) is 0 Å². The molecule has 0 saturated carbocycles. The van der Waals surface area contributed by atoms with E-state index in [0.717, 1.165) is 58.0 Å². The third-order valence-corrected chi connectivity index (χ3v) is 5.41. The van der Waals surface area contributed by atoms with Crippen molar-refractivity contribution in [2.24, 2.45) is 5.92 Å². The van der Waals surface area contributed by atoms with Crippen LogP contribution in [-0.2, 0) is 10.0 Å². The molecule has 2 N–H and O–H groups in total. The number of unbranched alkanes of at least 4 members (excludes halogenated alkanes) is 1. The Morgan fingerprint density at radius 1 is 1.16 bits per heavy atom. The molecular weight excluding hydrogens is 260 g/mol. The quantitative estimate of drug-likeness (QED) is 0.685. The zero-order valence-corrected chi connectivity index (χ0v) is 13.3. The summed E-state index contributed by atoms with van der Waals surface area (Å²) < 4.78 is 27.4. The minimum Gasteiger partial charge on any atom is -0.317 e. The van der Waals surface area contributed by atoms with Crippen molar-refractivity contribution in [3.63, 3.8) is 0 Å². The van der Waals surface area contributed by atoms with Gasteiger partial charge in [-0.2, -0.15) is 0 Å². The van der Waals surface area contributed by atoms with Gasteiger partial charge >= 0.3 is 0 Å². The van der Waals surface area contributed by atoms with Gasteiger partial charge in [-0.1, -0.05) is 33.1 Å². The second kappa shape index (κ2) is 8.93. The minimum absolute atomic E-state index is 0.136. The van der Waals surface area contributed by atoms with Crippen LogP contribution < -0.4 is 10.0 Å². The smallest absolute Gasteiger partial charge is 0.212 e. The Morgan fingerprint density at radius 3 is 2.42 bits per heavy atom. The van der Waals surface area contributed by atoms with E-state index >= 15 is 0 Å². The van der Waals surface area contributed by atoms with Gasteiger partial charge in [0.25, 0.3) is 0 Å². The average Bonchev–Trinajstić information content (AvgIpc) is 2.36. The molecule has 114 valence electrons. The molecule has 0 aromatic heterocycles. The molecular formula is C14H30N2O2S. The van der Waals surface area contributed by atoms with Gasteiger partial charge in [0, 0.05) is 6.04 Å². The molecule has 1 rings (SSSR count). The van der Waals surface area contributed by atoms with E-state index in [0.29, 0.717) is 11.7 Å². The summed E-state index contributed by atoms with van der Waals surface area (Å²) >= 11 is 0. The fraction of sp³-hybridized carbons (Fsp3) is 1.00.